The van der Waals surface area contributed by atoms with Crippen molar-refractivity contribution in [2.24, 2.45) is 5.92 Å². The van der Waals surface area contributed by atoms with Crippen LogP contribution in [-0.2, 0) is 9.47 Å². The van der Waals surface area contributed by atoms with Crippen molar-refractivity contribution in [1.82, 2.24) is 0 Å². The minimum atomic E-state index is -0.382. The smallest absolute Gasteiger partial charge is 0.249 e. The van der Waals surface area contributed by atoms with Crippen LogP contribution in [0.2, 0.25) is 0 Å². The minimum absolute atomic E-state index is 0.00710. The van der Waals surface area contributed by atoms with E-state index in [1.54, 1.807) is 7.11 Å². The Morgan fingerprint density at radius 1 is 1.20 bits per heavy atom. The van der Waals surface area contributed by atoms with Crippen molar-refractivity contribution in [3.63, 3.8) is 0 Å². The lowest BCUT2D eigenvalue weighted by Crippen LogP contribution is -2.45. The zero-order chi connectivity index (χ0) is 17.6. The molecule has 1 aliphatic heterocycles. The molecule has 1 saturated heterocycles. The molecule has 0 aliphatic carbocycles. The van der Waals surface area contributed by atoms with Gasteiger partial charge in [0.15, 0.2) is 0 Å². The summed E-state index contributed by atoms with van der Waals surface area (Å²) < 4.78 is 11.3. The zero-order valence-electron chi connectivity index (χ0n) is 14.6. The molecule has 0 bridgehead atoms. The first kappa shape index (κ1) is 17.8. The van der Waals surface area contributed by atoms with Gasteiger partial charge in [0.2, 0.25) is 10.9 Å². The monoisotopic (exact) mass is 343 g/mol. The summed E-state index contributed by atoms with van der Waals surface area (Å²) >= 11 is 0. The summed E-state index contributed by atoms with van der Waals surface area (Å²) in [6.07, 6.45) is 2.89. The van der Waals surface area contributed by atoms with Crippen LogP contribution in [-0.4, -0.2) is 33.4 Å². The van der Waals surface area contributed by atoms with E-state index >= 15 is 0 Å². The number of hydrogen-bond donors (Lipinski definition) is 0. The maximum atomic E-state index is 11.7. The van der Waals surface area contributed by atoms with Crippen LogP contribution in [0.4, 0.5) is 5.69 Å². The summed E-state index contributed by atoms with van der Waals surface area (Å²) in [7, 11) is 1.69. The van der Waals surface area contributed by atoms with Gasteiger partial charge in [-0.1, -0.05) is 30.3 Å². The van der Waals surface area contributed by atoms with Crippen LogP contribution >= 0.6 is 0 Å². The van der Waals surface area contributed by atoms with Crippen molar-refractivity contribution in [1.29, 1.82) is 0 Å². The lowest BCUT2D eigenvalue weighted by Gasteiger charge is -2.38. The maximum Gasteiger partial charge on any atom is 0.249 e. The average molecular weight is 343 g/mol. The van der Waals surface area contributed by atoms with Gasteiger partial charge in [0.1, 0.15) is 0 Å². The van der Waals surface area contributed by atoms with E-state index in [2.05, 4.69) is 12.1 Å². The first-order chi connectivity index (χ1) is 12.2. The second-order valence-electron chi connectivity index (χ2n) is 6.62. The molecule has 1 heterocycles. The fraction of sp³-hybridized carbons (Fsp3) is 0.500. The number of methoxy groups -OCH3 is 1. The lowest BCUT2D eigenvalue weighted by atomic mass is 9.88. The molecule has 1 fully saturated rings. The van der Waals surface area contributed by atoms with Gasteiger partial charge >= 0.3 is 0 Å². The van der Waals surface area contributed by atoms with Crippen LogP contribution in [0.25, 0.3) is 0 Å². The Bertz CT molecular complexity index is 736. The molecule has 0 amide bonds. The van der Waals surface area contributed by atoms with Crippen LogP contribution in [0, 0.1) is 5.92 Å². The molecule has 134 valence electrons. The second-order valence-corrected chi connectivity index (χ2v) is 6.62. The number of benzene rings is 1. The standard InChI is InChI=1S/C20H25NO4/c1-24-11-6-12-25-20(15-7-3-2-4-8-15)16-9-5-10-21(14-16)17-13-18(22)19(17)23/h2-4,7-8,13,16,20H,5-6,9-12,14H2,1H3. The molecule has 2 atom stereocenters. The predicted octanol–water partition coefficient (Wildman–Crippen LogP) is 2.29. The molecule has 2 aromatic rings. The Hall–Kier alpha value is -1.98. The first-order valence-corrected chi connectivity index (χ1v) is 8.91. The Morgan fingerprint density at radius 3 is 2.68 bits per heavy atom. The number of piperidine rings is 1. The average Bonchev–Trinajstić information content (AvgIpc) is 2.66. The quantitative estimate of drug-likeness (QED) is 0.544. The Morgan fingerprint density at radius 2 is 2.00 bits per heavy atom. The van der Waals surface area contributed by atoms with Crippen LogP contribution in [0.5, 0.6) is 0 Å². The zero-order valence-corrected chi connectivity index (χ0v) is 14.6. The van der Waals surface area contributed by atoms with E-state index in [0.717, 1.165) is 37.9 Å². The highest BCUT2D eigenvalue weighted by Crippen LogP contribution is 2.34. The molecule has 0 aromatic heterocycles. The number of hydrogen-bond acceptors (Lipinski definition) is 5. The van der Waals surface area contributed by atoms with E-state index in [-0.39, 0.29) is 17.0 Å². The normalized spacial score (nSPS) is 19.2. The number of ether oxygens (including phenoxy) is 2. The summed E-state index contributed by atoms with van der Waals surface area (Å²) in [5.74, 6) is 0.295. The first-order valence-electron chi connectivity index (χ1n) is 8.91. The van der Waals surface area contributed by atoms with Crippen molar-refractivity contribution in [3.8, 4) is 0 Å². The van der Waals surface area contributed by atoms with Crippen molar-refractivity contribution >= 4 is 5.69 Å². The third-order valence-electron chi connectivity index (χ3n) is 4.87. The van der Waals surface area contributed by atoms with Crippen LogP contribution in [0.15, 0.2) is 46.0 Å². The summed E-state index contributed by atoms with van der Waals surface area (Å²) in [4.78, 5) is 25.0. The molecule has 2 aromatic carbocycles. The van der Waals surface area contributed by atoms with E-state index in [0.29, 0.717) is 24.8 Å². The lowest BCUT2D eigenvalue weighted by molar-refractivity contribution is -0.00236. The van der Waals surface area contributed by atoms with Crippen LogP contribution in [0.3, 0.4) is 0 Å². The van der Waals surface area contributed by atoms with Gasteiger partial charge in [-0.3, -0.25) is 9.59 Å². The maximum absolute atomic E-state index is 11.7. The molecule has 0 radical (unpaired) electrons. The molecule has 0 spiro atoms. The van der Waals surface area contributed by atoms with E-state index in [4.69, 9.17) is 9.47 Å². The van der Waals surface area contributed by atoms with E-state index in [1.807, 2.05) is 23.1 Å². The highest BCUT2D eigenvalue weighted by molar-refractivity contribution is 5.50. The van der Waals surface area contributed by atoms with Crippen molar-refractivity contribution in [3.05, 3.63) is 62.4 Å². The van der Waals surface area contributed by atoms with Crippen molar-refractivity contribution in [2.45, 2.75) is 25.4 Å². The third-order valence-corrected chi connectivity index (χ3v) is 4.87. The van der Waals surface area contributed by atoms with Crippen molar-refractivity contribution < 1.29 is 9.47 Å². The molecule has 0 N–H and O–H groups in total. The Labute approximate surface area is 147 Å². The molecule has 1 aliphatic rings. The number of nitrogens with zero attached hydrogens (tertiary/aromatic N) is 1. The highest BCUT2D eigenvalue weighted by atomic mass is 16.5. The predicted molar refractivity (Wildman–Crippen MR) is 97.9 cm³/mol. The van der Waals surface area contributed by atoms with E-state index in [9.17, 15) is 9.59 Å². The largest absolute Gasteiger partial charge is 0.385 e. The van der Waals surface area contributed by atoms with Crippen molar-refractivity contribution in [2.75, 3.05) is 38.3 Å². The number of rotatable bonds is 8. The molecular weight excluding hydrogens is 318 g/mol. The van der Waals surface area contributed by atoms with Gasteiger partial charge in [-0.2, -0.15) is 0 Å². The summed E-state index contributed by atoms with van der Waals surface area (Å²) in [5.41, 5.74) is 1.00. The van der Waals surface area contributed by atoms with Gasteiger partial charge in [0.05, 0.1) is 11.8 Å². The summed E-state index contributed by atoms with van der Waals surface area (Å²) in [6, 6.07) is 11.7. The highest BCUT2D eigenvalue weighted by Gasteiger charge is 2.31. The fourth-order valence-electron chi connectivity index (χ4n) is 3.58. The molecule has 0 saturated carbocycles. The molecule has 5 nitrogen and oxygen atoms in total. The van der Waals surface area contributed by atoms with Gasteiger partial charge in [-0.25, -0.2) is 0 Å². The second kappa shape index (κ2) is 8.41. The van der Waals surface area contributed by atoms with E-state index in [1.165, 1.54) is 6.07 Å². The summed E-state index contributed by atoms with van der Waals surface area (Å²) in [6.45, 7) is 2.90. The molecule has 3 rings (SSSR count). The third kappa shape index (κ3) is 4.17. The van der Waals surface area contributed by atoms with Gasteiger partial charge in [0, 0.05) is 45.4 Å². The van der Waals surface area contributed by atoms with Gasteiger partial charge in [0.25, 0.3) is 0 Å². The van der Waals surface area contributed by atoms with Crippen LogP contribution in [0.1, 0.15) is 30.9 Å². The van der Waals surface area contributed by atoms with Gasteiger partial charge < -0.3 is 14.4 Å². The van der Waals surface area contributed by atoms with Gasteiger partial charge in [-0.05, 0) is 24.8 Å². The Balaban J connectivity index is 1.72. The SMILES string of the molecule is COCCCOC(c1ccccc1)C1CCCN(c2cc(=O)c2=O)C1. The summed E-state index contributed by atoms with van der Waals surface area (Å²) in [5, 5.41) is 0. The van der Waals surface area contributed by atoms with E-state index < -0.39 is 0 Å². The van der Waals surface area contributed by atoms with Gasteiger partial charge in [-0.15, -0.1) is 0 Å². The molecular formula is C20H25NO4. The Kier molecular flexibility index (Phi) is 6.00. The number of anilines is 1. The minimum Gasteiger partial charge on any atom is -0.385 e. The fourth-order valence-corrected chi connectivity index (χ4v) is 3.58. The van der Waals surface area contributed by atoms with Crippen LogP contribution < -0.4 is 15.8 Å². The molecule has 25 heavy (non-hydrogen) atoms. The topological polar surface area (TPSA) is 55.8 Å². The molecule has 5 heteroatoms. The molecule has 2 unspecified atom stereocenters.